The van der Waals surface area contributed by atoms with Crippen molar-refractivity contribution in [1.82, 2.24) is 0 Å². The van der Waals surface area contributed by atoms with Gasteiger partial charge in [-0.2, -0.15) is 0 Å². The summed E-state index contributed by atoms with van der Waals surface area (Å²) >= 11 is 0. The highest BCUT2D eigenvalue weighted by Crippen LogP contribution is 2.56. The SMILES string of the molecule is CC1(C)Oc2ccc3c(c2[C@@H](O)[C@@H]1O)OC1c2ccc(O)cc2OCC31. The van der Waals surface area contributed by atoms with Gasteiger partial charge >= 0.3 is 0 Å². The number of hydrogen-bond acceptors (Lipinski definition) is 6. The van der Waals surface area contributed by atoms with Crippen molar-refractivity contribution in [2.75, 3.05) is 6.61 Å². The number of benzene rings is 2. The lowest BCUT2D eigenvalue weighted by molar-refractivity contribution is -0.112. The molecule has 3 aliphatic heterocycles. The second-order valence-corrected chi connectivity index (χ2v) is 7.67. The van der Waals surface area contributed by atoms with Crippen molar-refractivity contribution in [2.45, 2.75) is 43.7 Å². The van der Waals surface area contributed by atoms with Crippen LogP contribution in [0.4, 0.5) is 0 Å². The van der Waals surface area contributed by atoms with Gasteiger partial charge in [-0.25, -0.2) is 0 Å². The Morgan fingerprint density at radius 3 is 2.62 bits per heavy atom. The maximum Gasteiger partial charge on any atom is 0.138 e. The van der Waals surface area contributed by atoms with Gasteiger partial charge in [0.25, 0.3) is 0 Å². The zero-order valence-electron chi connectivity index (χ0n) is 14.5. The highest BCUT2D eigenvalue weighted by Gasteiger charge is 2.48. The Hall–Kier alpha value is -2.44. The van der Waals surface area contributed by atoms with Crippen molar-refractivity contribution in [3.05, 3.63) is 47.0 Å². The van der Waals surface area contributed by atoms with E-state index in [0.717, 1.165) is 11.1 Å². The maximum absolute atomic E-state index is 10.7. The number of aliphatic hydroxyl groups excluding tert-OH is 2. The number of aromatic hydroxyl groups is 1. The summed E-state index contributed by atoms with van der Waals surface area (Å²) < 4.78 is 18.0. The van der Waals surface area contributed by atoms with Crippen LogP contribution >= 0.6 is 0 Å². The van der Waals surface area contributed by atoms with E-state index < -0.39 is 17.8 Å². The molecule has 3 aliphatic rings. The number of ether oxygens (including phenoxy) is 3. The number of phenols is 1. The van der Waals surface area contributed by atoms with Crippen LogP contribution in [0.15, 0.2) is 30.3 Å². The largest absolute Gasteiger partial charge is 0.508 e. The Morgan fingerprint density at radius 2 is 1.81 bits per heavy atom. The molecule has 0 spiro atoms. The highest BCUT2D eigenvalue weighted by atomic mass is 16.5. The fourth-order valence-electron chi connectivity index (χ4n) is 4.16. The van der Waals surface area contributed by atoms with E-state index in [2.05, 4.69) is 0 Å². The van der Waals surface area contributed by atoms with E-state index in [-0.39, 0.29) is 17.8 Å². The van der Waals surface area contributed by atoms with Crippen LogP contribution in [0, 0.1) is 0 Å². The van der Waals surface area contributed by atoms with E-state index in [9.17, 15) is 15.3 Å². The van der Waals surface area contributed by atoms with Crippen LogP contribution in [0.25, 0.3) is 0 Å². The second-order valence-electron chi connectivity index (χ2n) is 7.67. The lowest BCUT2D eigenvalue weighted by atomic mass is 9.84. The molecule has 3 N–H and O–H groups in total. The van der Waals surface area contributed by atoms with Crippen molar-refractivity contribution in [3.8, 4) is 23.0 Å². The Balaban J connectivity index is 1.62. The molecule has 26 heavy (non-hydrogen) atoms. The van der Waals surface area contributed by atoms with Gasteiger partial charge in [-0.05, 0) is 32.0 Å². The second kappa shape index (κ2) is 5.05. The van der Waals surface area contributed by atoms with Crippen LogP contribution in [-0.4, -0.2) is 33.6 Å². The van der Waals surface area contributed by atoms with Crippen molar-refractivity contribution < 1.29 is 29.5 Å². The molecular formula is C20H20O6. The van der Waals surface area contributed by atoms with E-state index in [1.165, 1.54) is 0 Å². The summed E-state index contributed by atoms with van der Waals surface area (Å²) in [6, 6.07) is 8.75. The molecule has 0 amide bonds. The van der Waals surface area contributed by atoms with Gasteiger partial charge in [0.15, 0.2) is 0 Å². The molecule has 2 aromatic rings. The van der Waals surface area contributed by atoms with Gasteiger partial charge in [0.2, 0.25) is 0 Å². The van der Waals surface area contributed by atoms with Gasteiger partial charge in [-0.1, -0.05) is 6.07 Å². The molecule has 136 valence electrons. The summed E-state index contributed by atoms with van der Waals surface area (Å²) in [5, 5.41) is 30.8. The van der Waals surface area contributed by atoms with Gasteiger partial charge in [-0.3, -0.25) is 0 Å². The van der Waals surface area contributed by atoms with Gasteiger partial charge < -0.3 is 29.5 Å². The first-order valence-corrected chi connectivity index (χ1v) is 8.71. The summed E-state index contributed by atoms with van der Waals surface area (Å²) in [7, 11) is 0. The van der Waals surface area contributed by atoms with Crippen LogP contribution in [0.2, 0.25) is 0 Å². The Labute approximate surface area is 150 Å². The van der Waals surface area contributed by atoms with Crippen molar-refractivity contribution >= 4 is 0 Å². The zero-order chi connectivity index (χ0) is 18.2. The third-order valence-corrected chi connectivity index (χ3v) is 5.60. The zero-order valence-corrected chi connectivity index (χ0v) is 14.5. The average molecular weight is 356 g/mol. The molecular weight excluding hydrogens is 336 g/mol. The molecule has 3 heterocycles. The molecule has 0 fully saturated rings. The summed E-state index contributed by atoms with van der Waals surface area (Å²) in [6.45, 7) is 3.90. The molecule has 0 saturated carbocycles. The lowest BCUT2D eigenvalue weighted by Crippen LogP contribution is -2.48. The highest BCUT2D eigenvalue weighted by molar-refractivity contribution is 5.59. The fourth-order valence-corrected chi connectivity index (χ4v) is 4.16. The fraction of sp³-hybridized carbons (Fsp3) is 0.400. The molecule has 0 aromatic heterocycles. The van der Waals surface area contributed by atoms with Gasteiger partial charge in [0, 0.05) is 17.2 Å². The topological polar surface area (TPSA) is 88.4 Å². The summed E-state index contributed by atoms with van der Waals surface area (Å²) in [4.78, 5) is 0. The number of phenolic OH excluding ortho intramolecular Hbond substituents is 1. The first kappa shape index (κ1) is 15.8. The van der Waals surface area contributed by atoms with Crippen molar-refractivity contribution in [1.29, 1.82) is 0 Å². The van der Waals surface area contributed by atoms with Crippen LogP contribution in [0.1, 0.15) is 48.7 Å². The minimum atomic E-state index is -1.09. The third kappa shape index (κ3) is 2.00. The number of fused-ring (bicyclic) bond motifs is 7. The molecule has 0 aliphatic carbocycles. The third-order valence-electron chi connectivity index (χ3n) is 5.60. The maximum atomic E-state index is 10.7. The molecule has 6 heteroatoms. The predicted molar refractivity (Wildman–Crippen MR) is 91.8 cm³/mol. The predicted octanol–water partition coefficient (Wildman–Crippen LogP) is 2.57. The van der Waals surface area contributed by atoms with E-state index in [1.54, 1.807) is 32.0 Å². The van der Waals surface area contributed by atoms with E-state index in [0.29, 0.717) is 29.4 Å². The quantitative estimate of drug-likeness (QED) is 0.672. The monoisotopic (exact) mass is 356 g/mol. The summed E-state index contributed by atoms with van der Waals surface area (Å²) in [5.41, 5.74) is 1.39. The average Bonchev–Trinajstić information content (AvgIpc) is 2.97. The normalized spacial score (nSPS) is 30.0. The summed E-state index contributed by atoms with van der Waals surface area (Å²) in [6.07, 6.45) is -2.42. The van der Waals surface area contributed by atoms with Crippen molar-refractivity contribution in [2.24, 2.45) is 0 Å². The lowest BCUT2D eigenvalue weighted by Gasteiger charge is -2.40. The molecule has 0 bridgehead atoms. The minimum Gasteiger partial charge on any atom is -0.508 e. The Kier molecular flexibility index (Phi) is 3.07. The van der Waals surface area contributed by atoms with Crippen molar-refractivity contribution in [3.63, 3.8) is 0 Å². The molecule has 4 atom stereocenters. The van der Waals surface area contributed by atoms with E-state index >= 15 is 0 Å². The number of rotatable bonds is 0. The van der Waals surface area contributed by atoms with E-state index in [1.807, 2.05) is 12.1 Å². The molecule has 2 aromatic carbocycles. The first-order valence-electron chi connectivity index (χ1n) is 8.71. The molecule has 5 rings (SSSR count). The molecule has 2 unspecified atom stereocenters. The Morgan fingerprint density at radius 1 is 1.04 bits per heavy atom. The van der Waals surface area contributed by atoms with Gasteiger partial charge in [0.1, 0.15) is 46.9 Å². The standard InChI is InChI=1S/C20H20O6/c1-20(2)19(23)16(22)15-13(26-20)6-5-10-12-8-24-14-7-9(21)3-4-11(14)17(12)25-18(10)15/h3-7,12,16-17,19,21-23H,8H2,1-2H3/t12?,16-,17?,19+/m1/s1. The molecule has 0 radical (unpaired) electrons. The van der Waals surface area contributed by atoms with Crippen LogP contribution in [0.5, 0.6) is 23.0 Å². The van der Waals surface area contributed by atoms with E-state index in [4.69, 9.17) is 14.2 Å². The molecule has 6 nitrogen and oxygen atoms in total. The number of hydrogen-bond donors (Lipinski definition) is 3. The summed E-state index contributed by atoms with van der Waals surface area (Å²) in [5.74, 6) is 1.81. The van der Waals surface area contributed by atoms with Crippen LogP contribution < -0.4 is 14.2 Å². The Bertz CT molecular complexity index is 905. The van der Waals surface area contributed by atoms with Gasteiger partial charge in [0.05, 0.1) is 18.1 Å². The van der Waals surface area contributed by atoms with Gasteiger partial charge in [-0.15, -0.1) is 0 Å². The number of aliphatic hydroxyl groups is 2. The minimum absolute atomic E-state index is 0.0216. The van der Waals surface area contributed by atoms with Crippen LogP contribution in [0.3, 0.4) is 0 Å². The smallest absolute Gasteiger partial charge is 0.138 e. The van der Waals surface area contributed by atoms with Crippen LogP contribution in [-0.2, 0) is 0 Å². The first-order chi connectivity index (χ1) is 12.4. The molecule has 0 saturated heterocycles.